The highest BCUT2D eigenvalue weighted by Gasteiger charge is 2.69. The summed E-state index contributed by atoms with van der Waals surface area (Å²) >= 11 is 0. The molecule has 26 heavy (non-hydrogen) atoms. The third kappa shape index (κ3) is 3.62. The molecule has 0 aromatic heterocycles. The van der Waals surface area contributed by atoms with Gasteiger partial charge in [0.1, 0.15) is 12.2 Å². The van der Waals surface area contributed by atoms with Crippen molar-refractivity contribution in [2.45, 2.75) is 102 Å². The SMILES string of the molecule is CC(C)(C)[Si](C)(C)OC[C@@H]1[C@H](CO[Si](C)(C)C(C)(C)C)[C@@H]2O[C@H]1[C@H]1O[C@H]12. The van der Waals surface area contributed by atoms with Gasteiger partial charge in [-0.25, -0.2) is 0 Å². The fraction of sp³-hybridized carbons (Fsp3) is 1.00. The Kier molecular flexibility index (Phi) is 5.16. The van der Waals surface area contributed by atoms with Crippen LogP contribution in [0.4, 0.5) is 0 Å². The molecule has 4 nitrogen and oxygen atoms in total. The van der Waals surface area contributed by atoms with E-state index in [1.54, 1.807) is 0 Å². The maximum absolute atomic E-state index is 6.59. The number of hydrogen-bond donors (Lipinski definition) is 0. The van der Waals surface area contributed by atoms with Gasteiger partial charge in [0.15, 0.2) is 16.6 Å². The van der Waals surface area contributed by atoms with Crippen LogP contribution >= 0.6 is 0 Å². The smallest absolute Gasteiger partial charge is 0.191 e. The first-order chi connectivity index (χ1) is 11.7. The molecule has 0 saturated carbocycles. The van der Waals surface area contributed by atoms with Crippen molar-refractivity contribution >= 4 is 16.6 Å². The van der Waals surface area contributed by atoms with Gasteiger partial charge in [0.05, 0.1) is 12.2 Å². The van der Waals surface area contributed by atoms with Crippen LogP contribution in [0.5, 0.6) is 0 Å². The number of rotatable bonds is 6. The van der Waals surface area contributed by atoms with Crippen LogP contribution < -0.4 is 0 Å². The highest BCUT2D eigenvalue weighted by molar-refractivity contribution is 6.74. The van der Waals surface area contributed by atoms with Gasteiger partial charge in [-0.15, -0.1) is 0 Å². The summed E-state index contributed by atoms with van der Waals surface area (Å²) in [4.78, 5) is 0. The lowest BCUT2D eigenvalue weighted by atomic mass is 9.80. The van der Waals surface area contributed by atoms with E-state index in [0.717, 1.165) is 13.2 Å². The summed E-state index contributed by atoms with van der Waals surface area (Å²) in [6.45, 7) is 24.7. The molecule has 0 unspecified atom stereocenters. The van der Waals surface area contributed by atoms with Crippen molar-refractivity contribution in [3.63, 3.8) is 0 Å². The zero-order valence-corrected chi connectivity index (χ0v) is 20.5. The second kappa shape index (κ2) is 6.39. The van der Waals surface area contributed by atoms with Crippen molar-refractivity contribution in [3.05, 3.63) is 0 Å². The van der Waals surface area contributed by atoms with Gasteiger partial charge in [0.25, 0.3) is 0 Å². The highest BCUT2D eigenvalue weighted by Crippen LogP contribution is 2.54. The van der Waals surface area contributed by atoms with Crippen LogP contribution in [0.3, 0.4) is 0 Å². The number of ether oxygens (including phenoxy) is 2. The molecule has 0 radical (unpaired) electrons. The monoisotopic (exact) mass is 400 g/mol. The Morgan fingerprint density at radius 2 is 0.923 bits per heavy atom. The highest BCUT2D eigenvalue weighted by atomic mass is 28.4. The molecular weight excluding hydrogens is 360 g/mol. The molecule has 3 aliphatic rings. The molecular formula is C20H40O4Si2. The van der Waals surface area contributed by atoms with Crippen molar-refractivity contribution < 1.29 is 18.3 Å². The van der Waals surface area contributed by atoms with Crippen molar-refractivity contribution in [1.29, 1.82) is 0 Å². The van der Waals surface area contributed by atoms with E-state index < -0.39 is 16.6 Å². The standard InChI is InChI=1S/C20H40O4Si2/c1-19(2,3)25(7,8)21-11-13-14(12-22-26(9,10)20(4,5)6)16-18-17(24-18)15(13)23-16/h13-18H,11-12H2,1-10H3/t13-,14+,15-,16+,17-,18+. The Morgan fingerprint density at radius 1 is 0.615 bits per heavy atom. The maximum Gasteiger partial charge on any atom is 0.191 e. The van der Waals surface area contributed by atoms with E-state index in [9.17, 15) is 0 Å². The summed E-state index contributed by atoms with van der Waals surface area (Å²) in [5.74, 6) is 0.810. The van der Waals surface area contributed by atoms with Gasteiger partial charge in [0.2, 0.25) is 0 Å². The normalized spacial score (nSPS) is 37.2. The Balaban J connectivity index is 1.66. The molecule has 3 saturated heterocycles. The molecule has 6 atom stereocenters. The first-order valence-electron chi connectivity index (χ1n) is 10.2. The van der Waals surface area contributed by atoms with Crippen LogP contribution in [0.15, 0.2) is 0 Å². The van der Waals surface area contributed by atoms with Crippen molar-refractivity contribution in [2.75, 3.05) is 13.2 Å². The molecule has 6 heteroatoms. The molecule has 0 spiro atoms. The lowest BCUT2D eigenvalue weighted by Gasteiger charge is -2.40. The van der Waals surface area contributed by atoms with Gasteiger partial charge in [-0.1, -0.05) is 41.5 Å². The van der Waals surface area contributed by atoms with E-state index in [-0.39, 0.29) is 22.3 Å². The molecule has 3 fully saturated rings. The molecule has 3 aliphatic heterocycles. The summed E-state index contributed by atoms with van der Waals surface area (Å²) in [5, 5.41) is 0.467. The molecule has 0 aromatic rings. The minimum Gasteiger partial charge on any atom is -0.416 e. The molecule has 3 heterocycles. The van der Waals surface area contributed by atoms with E-state index in [1.165, 1.54) is 0 Å². The van der Waals surface area contributed by atoms with Gasteiger partial charge in [-0.05, 0) is 36.3 Å². The Labute approximate surface area is 162 Å². The van der Waals surface area contributed by atoms with Crippen LogP contribution in [0.2, 0.25) is 36.3 Å². The summed E-state index contributed by atoms with van der Waals surface area (Å²) in [5.41, 5.74) is 0. The predicted molar refractivity (Wildman–Crippen MR) is 111 cm³/mol. The minimum atomic E-state index is -1.76. The third-order valence-corrected chi connectivity index (χ3v) is 16.8. The number of epoxide rings is 1. The van der Waals surface area contributed by atoms with Gasteiger partial charge in [-0.2, -0.15) is 0 Å². The van der Waals surface area contributed by atoms with Crippen molar-refractivity contribution in [3.8, 4) is 0 Å². The molecule has 3 rings (SSSR count). The molecule has 2 bridgehead atoms. The van der Waals surface area contributed by atoms with Crippen LogP contribution in [-0.2, 0) is 18.3 Å². The molecule has 0 aliphatic carbocycles. The maximum atomic E-state index is 6.59. The van der Waals surface area contributed by atoms with E-state index >= 15 is 0 Å². The molecule has 152 valence electrons. The van der Waals surface area contributed by atoms with Crippen LogP contribution in [0, 0.1) is 11.8 Å². The quantitative estimate of drug-likeness (QED) is 0.474. The first-order valence-corrected chi connectivity index (χ1v) is 16.1. The number of hydrogen-bond acceptors (Lipinski definition) is 4. The van der Waals surface area contributed by atoms with E-state index in [2.05, 4.69) is 67.7 Å². The van der Waals surface area contributed by atoms with Crippen LogP contribution in [0.1, 0.15) is 41.5 Å². The largest absolute Gasteiger partial charge is 0.416 e. The summed E-state index contributed by atoms with van der Waals surface area (Å²) < 4.78 is 25.4. The van der Waals surface area contributed by atoms with E-state index in [1.807, 2.05) is 0 Å². The lowest BCUT2D eigenvalue weighted by molar-refractivity contribution is 0.00104. The number of fused-ring (bicyclic) bond motifs is 5. The van der Waals surface area contributed by atoms with Gasteiger partial charge in [-0.3, -0.25) is 0 Å². The average Bonchev–Trinajstić information content (AvgIpc) is 3.08. The zero-order chi connectivity index (χ0) is 19.7. The Morgan fingerprint density at radius 3 is 1.23 bits per heavy atom. The molecule has 0 aromatic carbocycles. The molecule has 0 amide bonds. The second-order valence-corrected chi connectivity index (χ2v) is 21.2. The van der Waals surface area contributed by atoms with Gasteiger partial charge < -0.3 is 18.3 Å². The third-order valence-electron chi connectivity index (χ3n) is 7.80. The second-order valence-electron chi connectivity index (χ2n) is 11.6. The fourth-order valence-corrected chi connectivity index (χ4v) is 5.74. The Bertz CT molecular complexity index is 489. The first kappa shape index (κ1) is 21.0. The lowest BCUT2D eigenvalue weighted by Crippen LogP contribution is -2.47. The minimum absolute atomic E-state index is 0.211. The van der Waals surface area contributed by atoms with Crippen molar-refractivity contribution in [1.82, 2.24) is 0 Å². The van der Waals surface area contributed by atoms with E-state index in [4.69, 9.17) is 18.3 Å². The predicted octanol–water partition coefficient (Wildman–Crippen LogP) is 4.81. The topological polar surface area (TPSA) is 40.2 Å². The van der Waals surface area contributed by atoms with Crippen molar-refractivity contribution in [2.24, 2.45) is 11.8 Å². The van der Waals surface area contributed by atoms with Crippen LogP contribution in [0.25, 0.3) is 0 Å². The average molecular weight is 401 g/mol. The van der Waals surface area contributed by atoms with E-state index in [0.29, 0.717) is 24.0 Å². The fourth-order valence-electron chi connectivity index (χ4n) is 3.66. The summed E-state index contributed by atoms with van der Waals surface area (Å²) in [6.07, 6.45) is 1.06. The van der Waals surface area contributed by atoms with Crippen LogP contribution in [-0.4, -0.2) is 54.3 Å². The summed E-state index contributed by atoms with van der Waals surface area (Å²) in [7, 11) is -3.51. The van der Waals surface area contributed by atoms with Gasteiger partial charge in [0, 0.05) is 25.0 Å². The Hall–Kier alpha value is 0.274. The van der Waals surface area contributed by atoms with Gasteiger partial charge >= 0.3 is 0 Å². The summed E-state index contributed by atoms with van der Waals surface area (Å²) in [6, 6.07) is 0. The zero-order valence-electron chi connectivity index (χ0n) is 18.5. The molecule has 0 N–H and O–H groups in total.